The van der Waals surface area contributed by atoms with Gasteiger partial charge in [-0.15, -0.1) is 0 Å². The zero-order chi connectivity index (χ0) is 13.5. The van der Waals surface area contributed by atoms with E-state index in [2.05, 4.69) is 10.2 Å². The standard InChI is InChI=1S/C14H17FN2O2/c15-11-3-1-2-4-12(11)16-14(13(18)19)6-8-17-7-5-10(14)9-17/h1-4,10,16H,5-9H2,(H,18,19). The van der Waals surface area contributed by atoms with Crippen molar-refractivity contribution < 1.29 is 14.3 Å². The minimum atomic E-state index is -1.03. The Morgan fingerprint density at radius 3 is 2.95 bits per heavy atom. The first kappa shape index (κ1) is 12.4. The van der Waals surface area contributed by atoms with Crippen molar-refractivity contribution in [1.29, 1.82) is 0 Å². The van der Waals surface area contributed by atoms with Crippen LogP contribution in [-0.2, 0) is 4.79 Å². The minimum Gasteiger partial charge on any atom is -0.479 e. The van der Waals surface area contributed by atoms with E-state index < -0.39 is 17.3 Å². The Hall–Kier alpha value is -1.62. The van der Waals surface area contributed by atoms with Crippen molar-refractivity contribution in [1.82, 2.24) is 4.90 Å². The predicted octanol–water partition coefficient (Wildman–Crippen LogP) is 1.79. The Bertz CT molecular complexity index is 508. The molecule has 3 atom stereocenters. The smallest absolute Gasteiger partial charge is 0.329 e. The maximum absolute atomic E-state index is 13.8. The highest BCUT2D eigenvalue weighted by atomic mass is 19.1. The largest absolute Gasteiger partial charge is 0.479 e. The zero-order valence-corrected chi connectivity index (χ0v) is 10.6. The number of halogens is 1. The number of para-hydroxylation sites is 1. The van der Waals surface area contributed by atoms with Gasteiger partial charge in [0.15, 0.2) is 0 Å². The molecule has 0 saturated carbocycles. The summed E-state index contributed by atoms with van der Waals surface area (Å²) in [6.45, 7) is 2.48. The van der Waals surface area contributed by atoms with Gasteiger partial charge in [0.2, 0.25) is 0 Å². The van der Waals surface area contributed by atoms with Gasteiger partial charge in [-0.2, -0.15) is 0 Å². The van der Waals surface area contributed by atoms with Crippen molar-refractivity contribution in [3.63, 3.8) is 0 Å². The summed E-state index contributed by atoms with van der Waals surface area (Å²) in [5, 5.41) is 12.6. The quantitative estimate of drug-likeness (QED) is 0.874. The number of aliphatic carboxylic acids is 1. The molecule has 2 aliphatic heterocycles. The van der Waals surface area contributed by atoms with Crippen molar-refractivity contribution in [2.24, 2.45) is 5.92 Å². The average molecular weight is 264 g/mol. The molecule has 0 amide bonds. The van der Waals surface area contributed by atoms with E-state index in [-0.39, 0.29) is 11.6 Å². The Balaban J connectivity index is 1.93. The number of piperidine rings is 1. The molecule has 19 heavy (non-hydrogen) atoms. The van der Waals surface area contributed by atoms with Crippen molar-refractivity contribution in [3.8, 4) is 0 Å². The number of hydrogen-bond acceptors (Lipinski definition) is 3. The van der Waals surface area contributed by atoms with Gasteiger partial charge in [0, 0.05) is 19.0 Å². The Labute approximate surface area is 111 Å². The van der Waals surface area contributed by atoms with Crippen LogP contribution in [0.5, 0.6) is 0 Å². The number of hydrogen-bond donors (Lipinski definition) is 2. The van der Waals surface area contributed by atoms with E-state index in [1.165, 1.54) is 6.07 Å². The fourth-order valence-corrected chi connectivity index (χ4v) is 3.28. The van der Waals surface area contributed by atoms with Crippen LogP contribution in [0.4, 0.5) is 10.1 Å². The van der Waals surface area contributed by atoms with Gasteiger partial charge < -0.3 is 15.3 Å². The molecule has 2 heterocycles. The van der Waals surface area contributed by atoms with Gasteiger partial charge >= 0.3 is 5.97 Å². The fraction of sp³-hybridized carbons (Fsp3) is 0.500. The van der Waals surface area contributed by atoms with Crippen LogP contribution in [0.15, 0.2) is 24.3 Å². The first-order valence-electron chi connectivity index (χ1n) is 6.60. The van der Waals surface area contributed by atoms with Crippen molar-refractivity contribution in [3.05, 3.63) is 30.1 Å². The number of fused-ring (bicyclic) bond motifs is 2. The summed E-state index contributed by atoms with van der Waals surface area (Å²) in [6.07, 6.45) is 1.37. The molecular formula is C14H17FN2O2. The number of nitrogens with zero attached hydrogens (tertiary/aromatic N) is 1. The highest BCUT2D eigenvalue weighted by molar-refractivity contribution is 5.83. The predicted molar refractivity (Wildman–Crippen MR) is 69.6 cm³/mol. The second-order valence-electron chi connectivity index (χ2n) is 5.42. The monoisotopic (exact) mass is 264 g/mol. The maximum Gasteiger partial charge on any atom is 0.329 e. The molecule has 0 spiro atoms. The van der Waals surface area contributed by atoms with Crippen LogP contribution in [0.3, 0.4) is 0 Å². The van der Waals surface area contributed by atoms with Crippen LogP contribution in [0.2, 0.25) is 0 Å². The maximum atomic E-state index is 13.8. The zero-order valence-electron chi connectivity index (χ0n) is 10.6. The molecule has 3 rings (SSSR count). The molecule has 1 aromatic carbocycles. The molecule has 102 valence electrons. The first-order valence-corrected chi connectivity index (χ1v) is 6.60. The molecule has 0 aliphatic carbocycles. The van der Waals surface area contributed by atoms with E-state index in [9.17, 15) is 14.3 Å². The second kappa shape index (κ2) is 4.49. The molecule has 4 nitrogen and oxygen atoms in total. The topological polar surface area (TPSA) is 52.6 Å². The van der Waals surface area contributed by atoms with E-state index >= 15 is 0 Å². The van der Waals surface area contributed by atoms with Crippen LogP contribution < -0.4 is 5.32 Å². The molecular weight excluding hydrogens is 247 g/mol. The highest BCUT2D eigenvalue weighted by Gasteiger charge is 2.51. The molecule has 2 bridgehead atoms. The summed E-state index contributed by atoms with van der Waals surface area (Å²) < 4.78 is 13.8. The van der Waals surface area contributed by atoms with E-state index in [0.29, 0.717) is 6.42 Å². The summed E-state index contributed by atoms with van der Waals surface area (Å²) in [5.41, 5.74) is -0.750. The number of carboxylic acids is 1. The van der Waals surface area contributed by atoms with Crippen LogP contribution in [0.25, 0.3) is 0 Å². The lowest BCUT2D eigenvalue weighted by molar-refractivity contribution is -0.145. The van der Waals surface area contributed by atoms with Crippen molar-refractivity contribution >= 4 is 11.7 Å². The van der Waals surface area contributed by atoms with E-state index in [0.717, 1.165) is 26.1 Å². The second-order valence-corrected chi connectivity index (χ2v) is 5.42. The van der Waals surface area contributed by atoms with Crippen molar-refractivity contribution in [2.45, 2.75) is 18.4 Å². The summed E-state index contributed by atoms with van der Waals surface area (Å²) in [6, 6.07) is 6.26. The molecule has 1 aromatic rings. The molecule has 5 heteroatoms. The van der Waals surface area contributed by atoms with Gasteiger partial charge in [0.1, 0.15) is 11.4 Å². The van der Waals surface area contributed by atoms with Gasteiger partial charge in [-0.05, 0) is 31.5 Å². The van der Waals surface area contributed by atoms with Gasteiger partial charge in [0.25, 0.3) is 0 Å². The number of benzene rings is 1. The third-order valence-corrected chi connectivity index (χ3v) is 4.40. The van der Waals surface area contributed by atoms with Crippen molar-refractivity contribution in [2.75, 3.05) is 25.0 Å². The van der Waals surface area contributed by atoms with Gasteiger partial charge in [0.05, 0.1) is 5.69 Å². The van der Waals surface area contributed by atoms with Crippen LogP contribution in [0, 0.1) is 11.7 Å². The van der Waals surface area contributed by atoms with Crippen LogP contribution in [0.1, 0.15) is 12.8 Å². The summed E-state index contributed by atoms with van der Waals surface area (Å²) >= 11 is 0. The molecule has 0 aromatic heterocycles. The lowest BCUT2D eigenvalue weighted by Crippen LogP contribution is -2.57. The van der Waals surface area contributed by atoms with Crippen LogP contribution in [-0.4, -0.2) is 41.1 Å². The third-order valence-electron chi connectivity index (χ3n) is 4.40. The van der Waals surface area contributed by atoms with E-state index in [1.54, 1.807) is 18.2 Å². The Kier molecular flexibility index (Phi) is 2.93. The molecule has 2 N–H and O–H groups in total. The van der Waals surface area contributed by atoms with Gasteiger partial charge in [-0.3, -0.25) is 0 Å². The average Bonchev–Trinajstić information content (AvgIpc) is 2.79. The molecule has 0 radical (unpaired) electrons. The fourth-order valence-electron chi connectivity index (χ4n) is 3.28. The summed E-state index contributed by atoms with van der Waals surface area (Å²) in [7, 11) is 0. The lowest BCUT2D eigenvalue weighted by Gasteiger charge is -2.40. The van der Waals surface area contributed by atoms with Gasteiger partial charge in [-0.1, -0.05) is 12.1 Å². The third kappa shape index (κ3) is 1.98. The highest BCUT2D eigenvalue weighted by Crippen LogP contribution is 2.38. The van der Waals surface area contributed by atoms with E-state index in [4.69, 9.17) is 0 Å². The Morgan fingerprint density at radius 2 is 2.21 bits per heavy atom. The molecule has 2 fully saturated rings. The summed E-state index contributed by atoms with van der Waals surface area (Å²) in [5.74, 6) is -1.23. The van der Waals surface area contributed by atoms with Crippen LogP contribution >= 0.6 is 0 Å². The van der Waals surface area contributed by atoms with E-state index in [1.807, 2.05) is 0 Å². The molecule has 3 unspecified atom stereocenters. The number of nitrogens with one attached hydrogen (secondary N) is 1. The van der Waals surface area contributed by atoms with Gasteiger partial charge in [-0.25, -0.2) is 9.18 Å². The lowest BCUT2D eigenvalue weighted by atomic mass is 9.78. The molecule has 2 saturated heterocycles. The normalized spacial score (nSPS) is 33.1. The number of rotatable bonds is 3. The molecule has 2 aliphatic rings. The summed E-state index contributed by atoms with van der Waals surface area (Å²) in [4.78, 5) is 14.0. The number of carbonyl (C=O) groups is 1. The minimum absolute atomic E-state index is 0.0401. The number of anilines is 1. The SMILES string of the molecule is O=C(O)C1(Nc2ccccc2F)CCN2CCC1C2. The first-order chi connectivity index (χ1) is 9.12. The Morgan fingerprint density at radius 1 is 1.42 bits per heavy atom. The number of carboxylic acid groups (broad SMARTS) is 1.